The second kappa shape index (κ2) is 7.72. The van der Waals surface area contributed by atoms with Crippen LogP contribution in [0, 0.1) is 0 Å². The Bertz CT molecular complexity index is 839. The summed E-state index contributed by atoms with van der Waals surface area (Å²) < 4.78 is 5.76. The molecule has 0 bridgehead atoms. The highest BCUT2D eigenvalue weighted by atomic mass is 79.9. The van der Waals surface area contributed by atoms with Crippen molar-refractivity contribution < 1.29 is 24.2 Å². The number of fused-ring (bicyclic) bond motifs is 1. The van der Waals surface area contributed by atoms with Crippen LogP contribution < -0.4 is 5.73 Å². The Hall–Kier alpha value is -2.35. The molecule has 0 atom stereocenters. The monoisotopic (exact) mass is 438 g/mol. The fraction of sp³-hybridized carbons (Fsp3) is 0.421. The Kier molecular flexibility index (Phi) is 5.99. The molecular formula is C19H23BrN2O5. The second-order valence-electron chi connectivity index (χ2n) is 7.37. The first kappa shape index (κ1) is 21.0. The SMILES string of the molecule is C/C(C(N)=O)=C(/CCC(=O)OC(C)(C)C)N1Cc2cc(Br)c(O)cc2C1=O. The number of amides is 2. The van der Waals surface area contributed by atoms with Gasteiger partial charge in [0.05, 0.1) is 17.4 Å². The number of nitrogens with zero attached hydrogens (tertiary/aromatic N) is 1. The molecule has 8 heteroatoms. The van der Waals surface area contributed by atoms with E-state index in [4.69, 9.17) is 10.5 Å². The van der Waals surface area contributed by atoms with Gasteiger partial charge in [-0.3, -0.25) is 14.4 Å². The summed E-state index contributed by atoms with van der Waals surface area (Å²) in [7, 11) is 0. The van der Waals surface area contributed by atoms with Crippen LogP contribution in [0.3, 0.4) is 0 Å². The Balaban J connectivity index is 2.29. The van der Waals surface area contributed by atoms with Gasteiger partial charge in [0.2, 0.25) is 5.91 Å². The summed E-state index contributed by atoms with van der Waals surface area (Å²) in [5.41, 5.74) is 6.44. The maximum Gasteiger partial charge on any atom is 0.306 e. The first-order valence-electron chi connectivity index (χ1n) is 8.45. The zero-order valence-electron chi connectivity index (χ0n) is 15.8. The number of hydrogen-bond donors (Lipinski definition) is 2. The molecule has 146 valence electrons. The molecule has 1 aromatic carbocycles. The minimum absolute atomic E-state index is 0.00624. The molecule has 3 N–H and O–H groups in total. The molecule has 0 unspecified atom stereocenters. The predicted octanol–water partition coefficient (Wildman–Crippen LogP) is 2.99. The topological polar surface area (TPSA) is 110 Å². The molecule has 0 saturated carbocycles. The number of allylic oxidation sites excluding steroid dienone is 1. The number of primary amides is 1. The molecule has 0 radical (unpaired) electrons. The van der Waals surface area contributed by atoms with E-state index >= 15 is 0 Å². The zero-order valence-corrected chi connectivity index (χ0v) is 17.3. The molecule has 0 aliphatic carbocycles. The zero-order chi connectivity index (χ0) is 20.5. The van der Waals surface area contributed by atoms with Crippen LogP contribution in [0.1, 0.15) is 56.5 Å². The van der Waals surface area contributed by atoms with Crippen molar-refractivity contribution in [1.82, 2.24) is 4.90 Å². The Morgan fingerprint density at radius 1 is 1.30 bits per heavy atom. The maximum absolute atomic E-state index is 12.8. The lowest BCUT2D eigenvalue weighted by Crippen LogP contribution is -2.29. The number of carbonyl (C=O) groups excluding carboxylic acids is 3. The maximum atomic E-state index is 12.8. The largest absolute Gasteiger partial charge is 0.507 e. The van der Waals surface area contributed by atoms with Gasteiger partial charge in [0.15, 0.2) is 0 Å². The number of hydrogen-bond acceptors (Lipinski definition) is 5. The van der Waals surface area contributed by atoms with Gasteiger partial charge in [-0.1, -0.05) is 0 Å². The summed E-state index contributed by atoms with van der Waals surface area (Å²) in [6.07, 6.45) is 0.142. The molecule has 0 spiro atoms. The van der Waals surface area contributed by atoms with Crippen molar-refractivity contribution >= 4 is 33.7 Å². The fourth-order valence-corrected chi connectivity index (χ4v) is 3.21. The Morgan fingerprint density at radius 3 is 2.48 bits per heavy atom. The number of nitrogens with two attached hydrogens (primary N) is 1. The highest BCUT2D eigenvalue weighted by Crippen LogP contribution is 2.35. The number of aromatic hydroxyl groups is 1. The summed E-state index contributed by atoms with van der Waals surface area (Å²) in [5, 5.41) is 9.84. The van der Waals surface area contributed by atoms with Crippen LogP contribution in [0.15, 0.2) is 27.9 Å². The minimum Gasteiger partial charge on any atom is -0.507 e. The van der Waals surface area contributed by atoms with Gasteiger partial charge in [-0.25, -0.2) is 0 Å². The highest BCUT2D eigenvalue weighted by Gasteiger charge is 2.32. The van der Waals surface area contributed by atoms with Crippen molar-refractivity contribution in [3.63, 3.8) is 0 Å². The summed E-state index contributed by atoms with van der Waals surface area (Å²) >= 11 is 3.23. The van der Waals surface area contributed by atoms with Gasteiger partial charge < -0.3 is 20.5 Å². The average molecular weight is 439 g/mol. The molecule has 0 fully saturated rings. The normalized spacial score (nSPS) is 14.7. The van der Waals surface area contributed by atoms with E-state index in [0.29, 0.717) is 21.3 Å². The van der Waals surface area contributed by atoms with E-state index in [1.807, 2.05) is 0 Å². The molecule has 0 aromatic heterocycles. The van der Waals surface area contributed by atoms with Crippen LogP contribution in [0.4, 0.5) is 0 Å². The molecule has 1 heterocycles. The number of ether oxygens (including phenoxy) is 1. The first-order chi connectivity index (χ1) is 12.4. The third-order valence-corrected chi connectivity index (χ3v) is 4.73. The number of phenolic OH excluding ortho intramolecular Hbond substituents is 1. The molecule has 2 rings (SSSR count). The first-order valence-corrected chi connectivity index (χ1v) is 9.24. The molecular weight excluding hydrogens is 416 g/mol. The van der Waals surface area contributed by atoms with Crippen LogP contribution in [0.2, 0.25) is 0 Å². The third-order valence-electron chi connectivity index (χ3n) is 4.09. The van der Waals surface area contributed by atoms with E-state index in [1.54, 1.807) is 26.8 Å². The number of benzene rings is 1. The van der Waals surface area contributed by atoms with Crippen LogP contribution >= 0.6 is 15.9 Å². The molecule has 0 saturated heterocycles. The standard InChI is InChI=1S/C19H23BrN2O5/c1-10(17(21)25)14(5-6-16(24)27-19(2,3)4)22-9-11-7-13(20)15(23)8-12(11)18(22)26/h7-8,23H,5-6,9H2,1-4H3,(H2,21,25)/b14-10+. The van der Waals surface area contributed by atoms with Crippen LogP contribution in [-0.2, 0) is 20.9 Å². The van der Waals surface area contributed by atoms with Crippen molar-refractivity contribution in [2.75, 3.05) is 0 Å². The van der Waals surface area contributed by atoms with Crippen LogP contribution in [0.5, 0.6) is 5.75 Å². The lowest BCUT2D eigenvalue weighted by molar-refractivity contribution is -0.154. The summed E-state index contributed by atoms with van der Waals surface area (Å²) in [4.78, 5) is 38.0. The molecule has 1 aromatic rings. The van der Waals surface area contributed by atoms with Crippen molar-refractivity contribution in [3.05, 3.63) is 39.0 Å². The average Bonchev–Trinajstić information content (AvgIpc) is 2.83. The quantitative estimate of drug-likeness (QED) is 0.542. The third kappa shape index (κ3) is 4.88. The van der Waals surface area contributed by atoms with E-state index in [-0.39, 0.29) is 36.6 Å². The second-order valence-corrected chi connectivity index (χ2v) is 8.23. The molecule has 1 aliphatic rings. The molecule has 7 nitrogen and oxygen atoms in total. The Morgan fingerprint density at radius 2 is 1.93 bits per heavy atom. The van der Waals surface area contributed by atoms with Gasteiger partial charge in [0.25, 0.3) is 5.91 Å². The molecule has 27 heavy (non-hydrogen) atoms. The van der Waals surface area contributed by atoms with Gasteiger partial charge >= 0.3 is 5.97 Å². The van der Waals surface area contributed by atoms with E-state index in [2.05, 4.69) is 15.9 Å². The van der Waals surface area contributed by atoms with E-state index < -0.39 is 17.5 Å². The minimum atomic E-state index is -0.665. The van der Waals surface area contributed by atoms with E-state index in [1.165, 1.54) is 17.9 Å². The van der Waals surface area contributed by atoms with Crippen molar-refractivity contribution in [2.45, 2.75) is 52.7 Å². The number of halogens is 1. The highest BCUT2D eigenvalue weighted by molar-refractivity contribution is 9.10. The van der Waals surface area contributed by atoms with Gasteiger partial charge in [0, 0.05) is 16.8 Å². The molecule has 1 aliphatic heterocycles. The Labute approximate surface area is 166 Å². The summed E-state index contributed by atoms with van der Waals surface area (Å²) in [6, 6.07) is 3.04. The number of carbonyl (C=O) groups is 3. The smallest absolute Gasteiger partial charge is 0.306 e. The van der Waals surface area contributed by atoms with E-state index in [9.17, 15) is 19.5 Å². The van der Waals surface area contributed by atoms with Gasteiger partial charge in [0.1, 0.15) is 11.4 Å². The van der Waals surface area contributed by atoms with Crippen molar-refractivity contribution in [1.29, 1.82) is 0 Å². The van der Waals surface area contributed by atoms with Crippen LogP contribution in [0.25, 0.3) is 0 Å². The van der Waals surface area contributed by atoms with Crippen molar-refractivity contribution in [3.8, 4) is 5.75 Å². The van der Waals surface area contributed by atoms with Gasteiger partial charge in [-0.2, -0.15) is 0 Å². The van der Waals surface area contributed by atoms with E-state index in [0.717, 1.165) is 0 Å². The van der Waals surface area contributed by atoms with Crippen LogP contribution in [-0.4, -0.2) is 33.4 Å². The van der Waals surface area contributed by atoms with Crippen molar-refractivity contribution in [2.24, 2.45) is 5.73 Å². The molecule has 2 amide bonds. The predicted molar refractivity (Wildman–Crippen MR) is 103 cm³/mol. The fourth-order valence-electron chi connectivity index (χ4n) is 2.82. The summed E-state index contributed by atoms with van der Waals surface area (Å²) in [6.45, 7) is 7.04. The number of phenols is 1. The number of rotatable bonds is 5. The van der Waals surface area contributed by atoms with Gasteiger partial charge in [-0.05, 0) is 67.7 Å². The lowest BCUT2D eigenvalue weighted by Gasteiger charge is -2.23. The lowest BCUT2D eigenvalue weighted by atomic mass is 10.1. The number of esters is 1. The van der Waals surface area contributed by atoms with Gasteiger partial charge in [-0.15, -0.1) is 0 Å². The summed E-state index contributed by atoms with van der Waals surface area (Å²) in [5.74, 6) is -1.49.